The molecule has 0 aliphatic carbocycles. The van der Waals surface area contributed by atoms with Crippen LogP contribution in [0.4, 0.5) is 5.82 Å². The molecule has 0 saturated heterocycles. The number of nitrogens with one attached hydrogen (secondary N) is 1. The molecule has 0 spiro atoms. The fourth-order valence-electron chi connectivity index (χ4n) is 1.26. The number of amides is 1. The zero-order valence-electron chi connectivity index (χ0n) is 10.7. The molecular formula is C12H16N4O2. The maximum Gasteiger partial charge on any atom is 0.349 e. The molecule has 6 nitrogen and oxygen atoms in total. The molecule has 1 amide bonds. The van der Waals surface area contributed by atoms with Gasteiger partial charge in [-0.15, -0.1) is 0 Å². The summed E-state index contributed by atoms with van der Waals surface area (Å²) in [6, 6.07) is -0.0125. The summed E-state index contributed by atoms with van der Waals surface area (Å²) < 4.78 is 1.46. The zero-order chi connectivity index (χ0) is 13.7. The molecule has 0 atom stereocenters. The summed E-state index contributed by atoms with van der Waals surface area (Å²) in [5.41, 5.74) is 5.70. The summed E-state index contributed by atoms with van der Waals surface area (Å²) >= 11 is 0. The lowest BCUT2D eigenvalue weighted by Gasteiger charge is -2.09. The maximum atomic E-state index is 11.5. The molecule has 1 rings (SSSR count). The van der Waals surface area contributed by atoms with Crippen LogP contribution in [0, 0.1) is 11.8 Å². The third-order valence-electron chi connectivity index (χ3n) is 2.19. The van der Waals surface area contributed by atoms with Crippen LogP contribution in [0.5, 0.6) is 0 Å². The first-order valence-electron chi connectivity index (χ1n) is 5.53. The Morgan fingerprint density at radius 1 is 1.61 bits per heavy atom. The van der Waals surface area contributed by atoms with E-state index in [2.05, 4.69) is 22.1 Å². The summed E-state index contributed by atoms with van der Waals surface area (Å²) in [7, 11) is 0. The smallest absolute Gasteiger partial charge is 0.349 e. The Labute approximate surface area is 105 Å². The Morgan fingerprint density at radius 3 is 2.83 bits per heavy atom. The lowest BCUT2D eigenvalue weighted by molar-refractivity contribution is -0.118. The van der Waals surface area contributed by atoms with Gasteiger partial charge in [-0.05, 0) is 13.8 Å². The highest BCUT2D eigenvalue weighted by Gasteiger charge is 2.06. The lowest BCUT2D eigenvalue weighted by Crippen LogP contribution is -2.25. The number of nitrogens with zero attached hydrogens (tertiary/aromatic N) is 2. The van der Waals surface area contributed by atoms with Crippen LogP contribution < -0.4 is 16.7 Å². The Hall–Kier alpha value is -2.29. The Bertz CT molecular complexity index is 564. The fourth-order valence-corrected chi connectivity index (χ4v) is 1.26. The van der Waals surface area contributed by atoms with Crippen molar-refractivity contribution in [2.75, 3.05) is 12.3 Å². The average Bonchev–Trinajstić information content (AvgIpc) is 2.25. The molecule has 1 aromatic rings. The maximum absolute atomic E-state index is 11.5. The van der Waals surface area contributed by atoms with Crippen molar-refractivity contribution in [1.82, 2.24) is 14.9 Å². The number of rotatable bonds is 2. The first kappa shape index (κ1) is 13.8. The molecule has 1 aromatic heterocycles. The van der Waals surface area contributed by atoms with Crippen molar-refractivity contribution in [3.05, 3.63) is 22.2 Å². The molecule has 0 fully saturated rings. The number of nitrogen functional groups attached to an aromatic ring is 1. The zero-order valence-corrected chi connectivity index (χ0v) is 10.7. The van der Waals surface area contributed by atoms with Crippen LogP contribution in [-0.4, -0.2) is 22.0 Å². The second kappa shape index (κ2) is 5.87. The Morgan fingerprint density at radius 2 is 2.28 bits per heavy atom. The monoisotopic (exact) mass is 248 g/mol. The second-order valence-electron chi connectivity index (χ2n) is 4.03. The molecule has 0 aromatic carbocycles. The second-order valence-corrected chi connectivity index (χ2v) is 4.03. The predicted octanol–water partition coefficient (Wildman–Crippen LogP) is -0.106. The highest BCUT2D eigenvalue weighted by Crippen LogP contribution is 2.06. The van der Waals surface area contributed by atoms with E-state index in [9.17, 15) is 9.59 Å². The van der Waals surface area contributed by atoms with Crippen LogP contribution in [-0.2, 0) is 4.79 Å². The van der Waals surface area contributed by atoms with E-state index in [-0.39, 0.29) is 24.3 Å². The van der Waals surface area contributed by atoms with Crippen molar-refractivity contribution in [2.24, 2.45) is 0 Å². The van der Waals surface area contributed by atoms with Gasteiger partial charge in [-0.25, -0.2) is 4.79 Å². The lowest BCUT2D eigenvalue weighted by atomic mass is 10.3. The number of aromatic nitrogens is 2. The molecule has 96 valence electrons. The minimum absolute atomic E-state index is 0.0125. The van der Waals surface area contributed by atoms with E-state index in [1.807, 2.05) is 13.8 Å². The number of carbonyl (C=O) groups excluding carboxylic acids is 1. The van der Waals surface area contributed by atoms with Crippen molar-refractivity contribution in [2.45, 2.75) is 26.8 Å². The molecule has 0 bridgehead atoms. The summed E-state index contributed by atoms with van der Waals surface area (Å²) in [4.78, 5) is 25.9. The quantitative estimate of drug-likeness (QED) is 0.715. The normalized spacial score (nSPS) is 9.78. The summed E-state index contributed by atoms with van der Waals surface area (Å²) in [5, 5.41) is 2.54. The third-order valence-corrected chi connectivity index (χ3v) is 2.19. The molecule has 0 aliphatic heterocycles. The van der Waals surface area contributed by atoms with Gasteiger partial charge in [0.15, 0.2) is 0 Å². The van der Waals surface area contributed by atoms with Gasteiger partial charge in [0.2, 0.25) is 5.91 Å². The van der Waals surface area contributed by atoms with Gasteiger partial charge in [-0.2, -0.15) is 4.98 Å². The van der Waals surface area contributed by atoms with Crippen LogP contribution >= 0.6 is 0 Å². The third kappa shape index (κ3) is 3.63. The number of hydrogen-bond donors (Lipinski definition) is 2. The van der Waals surface area contributed by atoms with Crippen LogP contribution in [0.1, 0.15) is 32.4 Å². The first-order chi connectivity index (χ1) is 8.41. The number of hydrogen-bond acceptors (Lipinski definition) is 4. The van der Waals surface area contributed by atoms with E-state index in [0.29, 0.717) is 5.56 Å². The van der Waals surface area contributed by atoms with E-state index < -0.39 is 5.69 Å². The van der Waals surface area contributed by atoms with E-state index in [0.717, 1.165) is 0 Å². The van der Waals surface area contributed by atoms with Crippen molar-refractivity contribution >= 4 is 11.7 Å². The SMILES string of the molecule is CC(=O)NCC#Cc1cn(C(C)C)c(=O)nc1N. The van der Waals surface area contributed by atoms with Crippen LogP contribution in [0.2, 0.25) is 0 Å². The van der Waals surface area contributed by atoms with Crippen LogP contribution in [0.25, 0.3) is 0 Å². The van der Waals surface area contributed by atoms with Crippen molar-refractivity contribution in [3.8, 4) is 11.8 Å². The van der Waals surface area contributed by atoms with Gasteiger partial charge in [0, 0.05) is 19.2 Å². The van der Waals surface area contributed by atoms with E-state index in [1.54, 1.807) is 6.20 Å². The minimum Gasteiger partial charge on any atom is -0.382 e. The molecule has 0 aliphatic rings. The van der Waals surface area contributed by atoms with Gasteiger partial charge >= 0.3 is 5.69 Å². The highest BCUT2D eigenvalue weighted by atomic mass is 16.1. The number of anilines is 1. The minimum atomic E-state index is -0.394. The molecule has 18 heavy (non-hydrogen) atoms. The predicted molar refractivity (Wildman–Crippen MR) is 68.9 cm³/mol. The van der Waals surface area contributed by atoms with Gasteiger partial charge in [-0.1, -0.05) is 11.8 Å². The first-order valence-corrected chi connectivity index (χ1v) is 5.53. The van der Waals surface area contributed by atoms with Crippen LogP contribution in [0.15, 0.2) is 11.0 Å². The molecule has 0 saturated carbocycles. The van der Waals surface area contributed by atoms with Crippen LogP contribution in [0.3, 0.4) is 0 Å². The molecule has 6 heteroatoms. The van der Waals surface area contributed by atoms with Gasteiger partial charge in [0.25, 0.3) is 0 Å². The topological polar surface area (TPSA) is 90.0 Å². The van der Waals surface area contributed by atoms with E-state index in [1.165, 1.54) is 11.5 Å². The van der Waals surface area contributed by atoms with Crippen molar-refractivity contribution < 1.29 is 4.79 Å². The van der Waals surface area contributed by atoms with Crippen molar-refractivity contribution in [3.63, 3.8) is 0 Å². The molecule has 1 heterocycles. The Balaban J connectivity index is 2.99. The molecule has 0 unspecified atom stereocenters. The van der Waals surface area contributed by atoms with Gasteiger partial charge in [0.1, 0.15) is 5.82 Å². The summed E-state index contributed by atoms with van der Waals surface area (Å²) in [6.07, 6.45) is 1.58. The fraction of sp³-hybridized carbons (Fsp3) is 0.417. The highest BCUT2D eigenvalue weighted by molar-refractivity contribution is 5.73. The molecular weight excluding hydrogens is 232 g/mol. The summed E-state index contributed by atoms with van der Waals surface area (Å²) in [6.45, 7) is 5.38. The van der Waals surface area contributed by atoms with Gasteiger partial charge < -0.3 is 11.1 Å². The van der Waals surface area contributed by atoms with E-state index in [4.69, 9.17) is 5.73 Å². The number of carbonyl (C=O) groups is 1. The van der Waals surface area contributed by atoms with Gasteiger partial charge in [0.05, 0.1) is 12.1 Å². The largest absolute Gasteiger partial charge is 0.382 e. The molecule has 3 N–H and O–H groups in total. The number of nitrogens with two attached hydrogens (primary N) is 1. The van der Waals surface area contributed by atoms with E-state index >= 15 is 0 Å². The standard InChI is InChI=1S/C12H16N4O2/c1-8(2)16-7-10(11(13)15-12(16)18)5-4-6-14-9(3)17/h7-8H,6H2,1-3H3,(H,14,17)(H2,13,15,18). The Kier molecular flexibility index (Phi) is 4.49. The summed E-state index contributed by atoms with van der Waals surface area (Å²) in [5.74, 6) is 5.47. The molecule has 0 radical (unpaired) electrons. The van der Waals surface area contributed by atoms with Gasteiger partial charge in [-0.3, -0.25) is 9.36 Å². The van der Waals surface area contributed by atoms with Crippen molar-refractivity contribution in [1.29, 1.82) is 0 Å². The average molecular weight is 248 g/mol.